The fraction of sp³-hybridized carbons (Fsp3) is 0.667. The number of hydrogen-bond acceptors (Lipinski definition) is 3. The number of carboxylic acid groups (broad SMARTS) is 1. The molecule has 1 saturated heterocycles. The Kier molecular flexibility index (Phi) is 4.40. The van der Waals surface area contributed by atoms with Crippen molar-refractivity contribution < 1.29 is 14.6 Å². The van der Waals surface area contributed by atoms with Gasteiger partial charge in [0.25, 0.3) is 0 Å². The Morgan fingerprint density at radius 2 is 2.22 bits per heavy atom. The molecule has 6 heteroatoms. The van der Waals surface area contributed by atoms with E-state index in [0.29, 0.717) is 12.3 Å². The third-order valence-electron chi connectivity index (χ3n) is 3.31. The molecule has 0 amide bonds. The number of ether oxygens (including phenoxy) is 1. The van der Waals surface area contributed by atoms with Crippen LogP contribution in [0.3, 0.4) is 0 Å². The largest absolute Gasteiger partial charge is 0.481 e. The molecule has 1 aliphatic heterocycles. The van der Waals surface area contributed by atoms with Crippen LogP contribution >= 0.6 is 15.9 Å². The molecule has 1 aromatic rings. The molecule has 0 radical (unpaired) electrons. The summed E-state index contributed by atoms with van der Waals surface area (Å²) in [4.78, 5) is 10.6. The van der Waals surface area contributed by atoms with Crippen molar-refractivity contribution in [2.75, 3.05) is 13.2 Å². The fourth-order valence-corrected chi connectivity index (χ4v) is 3.14. The minimum atomic E-state index is -0.782. The molecule has 5 nitrogen and oxygen atoms in total. The average molecular weight is 317 g/mol. The van der Waals surface area contributed by atoms with Crippen molar-refractivity contribution in [3.63, 3.8) is 0 Å². The Morgan fingerprint density at radius 3 is 2.83 bits per heavy atom. The third kappa shape index (κ3) is 2.92. The highest BCUT2D eigenvalue weighted by molar-refractivity contribution is 9.10. The number of carboxylic acids is 1. The van der Waals surface area contributed by atoms with Gasteiger partial charge in [-0.15, -0.1) is 0 Å². The van der Waals surface area contributed by atoms with Gasteiger partial charge in [-0.25, -0.2) is 0 Å². The minimum Gasteiger partial charge on any atom is -0.481 e. The topological polar surface area (TPSA) is 64.4 Å². The van der Waals surface area contributed by atoms with E-state index >= 15 is 0 Å². The second kappa shape index (κ2) is 5.84. The number of halogens is 1. The number of carbonyl (C=O) groups is 1. The molecular formula is C12H17BrN2O3. The lowest BCUT2D eigenvalue weighted by atomic mass is 9.96. The summed E-state index contributed by atoms with van der Waals surface area (Å²) in [6.45, 7) is 1.55. The molecule has 1 aromatic heterocycles. The third-order valence-corrected chi connectivity index (χ3v) is 4.17. The molecule has 2 rings (SSSR count). The summed E-state index contributed by atoms with van der Waals surface area (Å²) in [5.41, 5.74) is 2.00. The van der Waals surface area contributed by atoms with Crippen molar-refractivity contribution in [2.45, 2.75) is 31.6 Å². The SMILES string of the molecule is Cn1nc(C2CCOCC2)c(Br)c1CCC(=O)O. The molecule has 0 aromatic carbocycles. The van der Waals surface area contributed by atoms with Crippen LogP contribution in [-0.2, 0) is 23.0 Å². The van der Waals surface area contributed by atoms with Crippen LogP contribution in [0.1, 0.15) is 36.6 Å². The van der Waals surface area contributed by atoms with Gasteiger partial charge in [0.2, 0.25) is 0 Å². The van der Waals surface area contributed by atoms with Crippen LogP contribution in [0.2, 0.25) is 0 Å². The van der Waals surface area contributed by atoms with E-state index in [1.54, 1.807) is 4.68 Å². The van der Waals surface area contributed by atoms with Crippen molar-refractivity contribution in [1.29, 1.82) is 0 Å². The summed E-state index contributed by atoms with van der Waals surface area (Å²) in [6, 6.07) is 0. The number of hydrogen-bond donors (Lipinski definition) is 1. The van der Waals surface area contributed by atoms with E-state index in [9.17, 15) is 4.79 Å². The maximum Gasteiger partial charge on any atom is 0.303 e. The first-order valence-electron chi connectivity index (χ1n) is 6.10. The summed E-state index contributed by atoms with van der Waals surface area (Å²) in [6.07, 6.45) is 2.59. The van der Waals surface area contributed by atoms with Crippen LogP contribution in [0.5, 0.6) is 0 Å². The first kappa shape index (κ1) is 13.5. The van der Waals surface area contributed by atoms with Gasteiger partial charge in [0.15, 0.2) is 0 Å². The Morgan fingerprint density at radius 1 is 1.56 bits per heavy atom. The maximum absolute atomic E-state index is 10.6. The average Bonchev–Trinajstić information content (AvgIpc) is 2.63. The molecule has 0 bridgehead atoms. The minimum absolute atomic E-state index is 0.130. The Hall–Kier alpha value is -0.880. The monoisotopic (exact) mass is 316 g/mol. The molecule has 100 valence electrons. The molecule has 0 aliphatic carbocycles. The molecule has 1 N–H and O–H groups in total. The Labute approximate surface area is 114 Å². The zero-order chi connectivity index (χ0) is 13.1. The molecule has 18 heavy (non-hydrogen) atoms. The summed E-state index contributed by atoms with van der Waals surface area (Å²) < 4.78 is 8.11. The van der Waals surface area contributed by atoms with Gasteiger partial charge in [0.05, 0.1) is 22.3 Å². The van der Waals surface area contributed by atoms with E-state index in [0.717, 1.165) is 41.9 Å². The molecule has 0 spiro atoms. The number of aryl methyl sites for hydroxylation is 1. The first-order valence-corrected chi connectivity index (χ1v) is 6.89. The second-order valence-electron chi connectivity index (χ2n) is 4.55. The highest BCUT2D eigenvalue weighted by Crippen LogP contribution is 2.33. The summed E-state index contributed by atoms with van der Waals surface area (Å²) in [5, 5.41) is 13.3. The van der Waals surface area contributed by atoms with Crippen molar-refractivity contribution >= 4 is 21.9 Å². The van der Waals surface area contributed by atoms with Crippen LogP contribution < -0.4 is 0 Å². The molecule has 1 fully saturated rings. The molecule has 0 saturated carbocycles. The zero-order valence-electron chi connectivity index (χ0n) is 10.4. The van der Waals surface area contributed by atoms with Crippen LogP contribution in [0.25, 0.3) is 0 Å². The van der Waals surface area contributed by atoms with Crippen LogP contribution in [-0.4, -0.2) is 34.1 Å². The molecule has 0 unspecified atom stereocenters. The van der Waals surface area contributed by atoms with E-state index in [-0.39, 0.29) is 6.42 Å². The van der Waals surface area contributed by atoms with Crippen LogP contribution in [0, 0.1) is 0 Å². The molecule has 2 heterocycles. The summed E-state index contributed by atoms with van der Waals surface area (Å²) >= 11 is 3.57. The lowest BCUT2D eigenvalue weighted by molar-refractivity contribution is -0.136. The van der Waals surface area contributed by atoms with Gasteiger partial charge < -0.3 is 9.84 Å². The normalized spacial score (nSPS) is 17.0. The number of nitrogens with zero attached hydrogens (tertiary/aromatic N) is 2. The first-order chi connectivity index (χ1) is 8.59. The van der Waals surface area contributed by atoms with E-state index in [4.69, 9.17) is 9.84 Å². The molecule has 1 aliphatic rings. The van der Waals surface area contributed by atoms with Gasteiger partial charge in [-0.2, -0.15) is 5.10 Å². The Balaban J connectivity index is 2.16. The van der Waals surface area contributed by atoms with Gasteiger partial charge in [0.1, 0.15) is 0 Å². The van der Waals surface area contributed by atoms with E-state index in [2.05, 4.69) is 21.0 Å². The molecular weight excluding hydrogens is 300 g/mol. The highest BCUT2D eigenvalue weighted by Gasteiger charge is 2.24. The lowest BCUT2D eigenvalue weighted by Gasteiger charge is -2.20. The Bertz CT molecular complexity index is 439. The van der Waals surface area contributed by atoms with Crippen molar-refractivity contribution in [1.82, 2.24) is 9.78 Å². The maximum atomic E-state index is 10.6. The smallest absolute Gasteiger partial charge is 0.303 e. The van der Waals surface area contributed by atoms with Crippen molar-refractivity contribution in [3.05, 3.63) is 15.9 Å². The zero-order valence-corrected chi connectivity index (χ0v) is 11.9. The predicted octanol–water partition coefficient (Wildman–Crippen LogP) is 2.09. The highest BCUT2D eigenvalue weighted by atomic mass is 79.9. The van der Waals surface area contributed by atoms with E-state index < -0.39 is 5.97 Å². The molecule has 0 atom stereocenters. The quantitative estimate of drug-likeness (QED) is 0.923. The second-order valence-corrected chi connectivity index (χ2v) is 5.34. The van der Waals surface area contributed by atoms with Gasteiger partial charge in [-0.3, -0.25) is 9.48 Å². The van der Waals surface area contributed by atoms with Gasteiger partial charge in [-0.1, -0.05) is 0 Å². The van der Waals surface area contributed by atoms with Crippen molar-refractivity contribution in [3.8, 4) is 0 Å². The number of rotatable bonds is 4. The van der Waals surface area contributed by atoms with Gasteiger partial charge >= 0.3 is 5.97 Å². The standard InChI is InChI=1S/C12H17BrN2O3/c1-15-9(2-3-10(16)17)11(13)12(14-15)8-4-6-18-7-5-8/h8H,2-7H2,1H3,(H,16,17). The van der Waals surface area contributed by atoms with Crippen LogP contribution in [0.15, 0.2) is 4.47 Å². The number of aromatic nitrogens is 2. The summed E-state index contributed by atoms with van der Waals surface area (Å²) in [7, 11) is 1.87. The van der Waals surface area contributed by atoms with Gasteiger partial charge in [-0.05, 0) is 28.8 Å². The van der Waals surface area contributed by atoms with Crippen LogP contribution in [0.4, 0.5) is 0 Å². The summed E-state index contributed by atoms with van der Waals surface area (Å²) in [5.74, 6) is -0.367. The predicted molar refractivity (Wildman–Crippen MR) is 69.7 cm³/mol. The fourth-order valence-electron chi connectivity index (χ4n) is 2.28. The van der Waals surface area contributed by atoms with Crippen molar-refractivity contribution in [2.24, 2.45) is 7.05 Å². The van der Waals surface area contributed by atoms with E-state index in [1.807, 2.05) is 7.05 Å². The van der Waals surface area contributed by atoms with E-state index in [1.165, 1.54) is 0 Å². The lowest BCUT2D eigenvalue weighted by Crippen LogP contribution is -2.15. The van der Waals surface area contributed by atoms with Gasteiger partial charge in [0, 0.05) is 32.6 Å². The number of aliphatic carboxylic acids is 1.